The van der Waals surface area contributed by atoms with Crippen molar-refractivity contribution in [1.82, 2.24) is 9.88 Å². The number of carbonyl (C=O) groups excluding carboxylic acids is 1. The molecule has 2 atom stereocenters. The predicted octanol–water partition coefficient (Wildman–Crippen LogP) is 1.71. The van der Waals surface area contributed by atoms with Gasteiger partial charge in [-0.05, 0) is 31.4 Å². The molecule has 1 aliphatic rings. The summed E-state index contributed by atoms with van der Waals surface area (Å²) >= 11 is 0. The number of amides is 1. The monoisotopic (exact) mass is 300 g/mol. The van der Waals surface area contributed by atoms with E-state index in [1.807, 2.05) is 43.0 Å². The number of nitrogens with zero attached hydrogens (tertiary/aromatic N) is 1. The van der Waals surface area contributed by atoms with Gasteiger partial charge >= 0.3 is 0 Å². The van der Waals surface area contributed by atoms with E-state index in [-0.39, 0.29) is 30.0 Å². The Morgan fingerprint density at radius 3 is 2.95 bits per heavy atom. The van der Waals surface area contributed by atoms with Gasteiger partial charge in [-0.1, -0.05) is 18.2 Å². The standard InChI is InChI=1S/C17H20N2O3/c1-11-10-22-12(2)9-19(11)16(20)8-14-7-13-5-3-4-6-15(13)18-17(14)21/h3-7,11-12H,8-10H2,1-2H3,(H,18,21)/t11-,12+/m1/s1. The van der Waals surface area contributed by atoms with Crippen LogP contribution >= 0.6 is 0 Å². The zero-order chi connectivity index (χ0) is 15.7. The fraction of sp³-hybridized carbons (Fsp3) is 0.412. The minimum atomic E-state index is -0.194. The quantitative estimate of drug-likeness (QED) is 0.918. The summed E-state index contributed by atoms with van der Waals surface area (Å²) in [7, 11) is 0. The molecule has 3 rings (SSSR count). The van der Waals surface area contributed by atoms with Crippen molar-refractivity contribution < 1.29 is 9.53 Å². The summed E-state index contributed by atoms with van der Waals surface area (Å²) < 4.78 is 5.54. The Kier molecular flexibility index (Phi) is 3.98. The number of rotatable bonds is 2. The van der Waals surface area contributed by atoms with Crippen LogP contribution in [0.1, 0.15) is 19.4 Å². The number of para-hydroxylation sites is 1. The molecule has 1 amide bonds. The van der Waals surface area contributed by atoms with Crippen LogP contribution in [0.4, 0.5) is 0 Å². The number of ether oxygens (including phenoxy) is 1. The molecule has 1 fully saturated rings. The van der Waals surface area contributed by atoms with Gasteiger partial charge in [0, 0.05) is 17.6 Å². The molecule has 1 aromatic heterocycles. The lowest BCUT2D eigenvalue weighted by atomic mass is 10.1. The molecule has 1 saturated heterocycles. The number of pyridine rings is 1. The third-order valence-electron chi connectivity index (χ3n) is 4.10. The molecule has 1 aromatic carbocycles. The zero-order valence-corrected chi connectivity index (χ0v) is 12.8. The molecule has 5 nitrogen and oxygen atoms in total. The molecular formula is C17H20N2O3. The molecule has 5 heteroatoms. The predicted molar refractivity (Wildman–Crippen MR) is 84.9 cm³/mol. The second kappa shape index (κ2) is 5.93. The van der Waals surface area contributed by atoms with E-state index < -0.39 is 0 Å². The van der Waals surface area contributed by atoms with Gasteiger partial charge in [0.2, 0.25) is 5.91 Å². The van der Waals surface area contributed by atoms with E-state index in [0.29, 0.717) is 18.7 Å². The fourth-order valence-electron chi connectivity index (χ4n) is 2.84. The van der Waals surface area contributed by atoms with Gasteiger partial charge in [-0.15, -0.1) is 0 Å². The summed E-state index contributed by atoms with van der Waals surface area (Å²) in [6.07, 6.45) is 0.159. The molecule has 0 unspecified atom stereocenters. The van der Waals surface area contributed by atoms with Gasteiger partial charge in [-0.3, -0.25) is 9.59 Å². The Labute approximate surface area is 128 Å². The van der Waals surface area contributed by atoms with Crippen LogP contribution in [-0.4, -0.2) is 41.1 Å². The average Bonchev–Trinajstić information content (AvgIpc) is 2.50. The highest BCUT2D eigenvalue weighted by Crippen LogP contribution is 2.15. The molecule has 1 aliphatic heterocycles. The van der Waals surface area contributed by atoms with Crippen molar-refractivity contribution in [3.05, 3.63) is 46.2 Å². The maximum absolute atomic E-state index is 12.5. The van der Waals surface area contributed by atoms with Crippen LogP contribution in [0.15, 0.2) is 35.1 Å². The summed E-state index contributed by atoms with van der Waals surface area (Å²) in [5.74, 6) is -0.0246. The van der Waals surface area contributed by atoms with Gasteiger partial charge in [0.1, 0.15) is 0 Å². The highest BCUT2D eigenvalue weighted by Gasteiger charge is 2.27. The largest absolute Gasteiger partial charge is 0.375 e. The first-order valence-electron chi connectivity index (χ1n) is 7.56. The maximum atomic E-state index is 12.5. The summed E-state index contributed by atoms with van der Waals surface area (Å²) in [5.41, 5.74) is 1.10. The summed E-state index contributed by atoms with van der Waals surface area (Å²) in [6.45, 7) is 5.04. The minimum Gasteiger partial charge on any atom is -0.375 e. The number of morpholine rings is 1. The van der Waals surface area contributed by atoms with E-state index in [9.17, 15) is 9.59 Å². The second-order valence-corrected chi connectivity index (χ2v) is 5.93. The number of nitrogens with one attached hydrogen (secondary N) is 1. The first-order valence-corrected chi connectivity index (χ1v) is 7.56. The van der Waals surface area contributed by atoms with E-state index >= 15 is 0 Å². The lowest BCUT2D eigenvalue weighted by Gasteiger charge is -2.36. The normalized spacial score (nSPS) is 22.0. The van der Waals surface area contributed by atoms with Crippen molar-refractivity contribution in [2.24, 2.45) is 0 Å². The molecule has 0 spiro atoms. The topological polar surface area (TPSA) is 62.4 Å². The third kappa shape index (κ3) is 2.90. The molecule has 116 valence electrons. The molecule has 0 aliphatic carbocycles. The van der Waals surface area contributed by atoms with Crippen molar-refractivity contribution in [2.75, 3.05) is 13.2 Å². The molecule has 22 heavy (non-hydrogen) atoms. The van der Waals surface area contributed by atoms with Crippen molar-refractivity contribution in [1.29, 1.82) is 0 Å². The Hall–Kier alpha value is -2.14. The smallest absolute Gasteiger partial charge is 0.252 e. The van der Waals surface area contributed by atoms with Crippen LogP contribution in [0.5, 0.6) is 0 Å². The van der Waals surface area contributed by atoms with E-state index in [1.54, 1.807) is 6.07 Å². The Bertz CT molecular complexity index is 753. The van der Waals surface area contributed by atoms with Gasteiger partial charge in [0.25, 0.3) is 5.56 Å². The number of carbonyl (C=O) groups is 1. The zero-order valence-electron chi connectivity index (χ0n) is 12.8. The number of hydrogen-bond donors (Lipinski definition) is 1. The third-order valence-corrected chi connectivity index (χ3v) is 4.10. The second-order valence-electron chi connectivity index (χ2n) is 5.93. The number of aromatic amines is 1. The number of benzene rings is 1. The number of fused-ring (bicyclic) bond motifs is 1. The summed E-state index contributed by atoms with van der Waals surface area (Å²) in [6, 6.07) is 9.42. The van der Waals surface area contributed by atoms with Crippen LogP contribution in [0.25, 0.3) is 10.9 Å². The first-order chi connectivity index (χ1) is 10.5. The van der Waals surface area contributed by atoms with Gasteiger partial charge in [-0.2, -0.15) is 0 Å². The molecule has 2 aromatic rings. The van der Waals surface area contributed by atoms with Crippen molar-refractivity contribution in [3.8, 4) is 0 Å². The fourth-order valence-corrected chi connectivity index (χ4v) is 2.84. The van der Waals surface area contributed by atoms with E-state index in [2.05, 4.69) is 4.98 Å². The van der Waals surface area contributed by atoms with E-state index in [4.69, 9.17) is 4.74 Å². The highest BCUT2D eigenvalue weighted by molar-refractivity contribution is 5.82. The molecule has 0 bridgehead atoms. The average molecular weight is 300 g/mol. The van der Waals surface area contributed by atoms with Gasteiger partial charge in [-0.25, -0.2) is 0 Å². The SMILES string of the molecule is C[C@@H]1CO[C@@H](C)CN1C(=O)Cc1cc2ccccc2[nH]c1=O. The lowest BCUT2D eigenvalue weighted by Crippen LogP contribution is -2.50. The molecule has 1 N–H and O–H groups in total. The van der Waals surface area contributed by atoms with Crippen molar-refractivity contribution >= 4 is 16.8 Å². The Morgan fingerprint density at radius 1 is 1.36 bits per heavy atom. The molecule has 2 heterocycles. The molecule has 0 saturated carbocycles. The van der Waals surface area contributed by atoms with Gasteiger partial charge in [0.15, 0.2) is 0 Å². The molecular weight excluding hydrogens is 280 g/mol. The number of hydrogen-bond acceptors (Lipinski definition) is 3. The minimum absolute atomic E-state index is 0.0246. The van der Waals surface area contributed by atoms with Gasteiger partial charge in [0.05, 0.1) is 25.2 Å². The van der Waals surface area contributed by atoms with Crippen LogP contribution in [0.2, 0.25) is 0 Å². The first kappa shape index (κ1) is 14.8. The van der Waals surface area contributed by atoms with Crippen LogP contribution in [0, 0.1) is 0 Å². The number of H-pyrrole nitrogens is 1. The lowest BCUT2D eigenvalue weighted by molar-refractivity contribution is -0.142. The van der Waals surface area contributed by atoms with E-state index in [1.165, 1.54) is 0 Å². The van der Waals surface area contributed by atoms with E-state index in [0.717, 1.165) is 10.9 Å². The summed E-state index contributed by atoms with van der Waals surface area (Å²) in [4.78, 5) is 29.3. The maximum Gasteiger partial charge on any atom is 0.252 e. The Morgan fingerprint density at radius 2 is 2.14 bits per heavy atom. The van der Waals surface area contributed by atoms with Crippen molar-refractivity contribution in [3.63, 3.8) is 0 Å². The Balaban J connectivity index is 1.84. The summed E-state index contributed by atoms with van der Waals surface area (Å²) in [5, 5.41) is 0.938. The van der Waals surface area contributed by atoms with Crippen LogP contribution in [-0.2, 0) is 16.0 Å². The van der Waals surface area contributed by atoms with Gasteiger partial charge < -0.3 is 14.6 Å². The van der Waals surface area contributed by atoms with Crippen molar-refractivity contribution in [2.45, 2.75) is 32.4 Å². The van der Waals surface area contributed by atoms with Crippen LogP contribution in [0.3, 0.4) is 0 Å². The number of aromatic nitrogens is 1. The van der Waals surface area contributed by atoms with Crippen LogP contribution < -0.4 is 5.56 Å². The highest BCUT2D eigenvalue weighted by atomic mass is 16.5. The molecule has 0 radical (unpaired) electrons.